The third kappa shape index (κ3) is 6.93. The first-order chi connectivity index (χ1) is 12.0. The molecule has 0 unspecified atom stereocenters. The Bertz CT molecular complexity index is 602. The summed E-state index contributed by atoms with van der Waals surface area (Å²) in [5, 5.41) is 5.56. The molecule has 0 heterocycles. The predicted molar refractivity (Wildman–Crippen MR) is 92.8 cm³/mol. The van der Waals surface area contributed by atoms with Crippen LogP contribution in [0.4, 0.5) is 0 Å². The summed E-state index contributed by atoms with van der Waals surface area (Å²) in [6, 6.07) is 8.94. The molecule has 7 nitrogen and oxygen atoms in total. The minimum atomic E-state index is -0.756. The maximum Gasteiger partial charge on any atom is 0.328 e. The fourth-order valence-electron chi connectivity index (χ4n) is 2.47. The smallest absolute Gasteiger partial charge is 0.328 e. The zero-order chi connectivity index (χ0) is 18.2. The van der Waals surface area contributed by atoms with Crippen molar-refractivity contribution >= 4 is 17.8 Å². The van der Waals surface area contributed by atoms with Gasteiger partial charge in [-0.3, -0.25) is 14.5 Å². The number of ether oxygens (including phenoxy) is 1. The number of likely N-dealkylation sites (N-methyl/N-ethyl adjacent to an activating group) is 1. The van der Waals surface area contributed by atoms with Crippen molar-refractivity contribution in [2.75, 3.05) is 27.2 Å². The van der Waals surface area contributed by atoms with Gasteiger partial charge in [-0.05, 0) is 25.5 Å². The summed E-state index contributed by atoms with van der Waals surface area (Å²) in [4.78, 5) is 37.5. The molecule has 25 heavy (non-hydrogen) atoms. The fourth-order valence-corrected chi connectivity index (χ4v) is 2.47. The lowest BCUT2D eigenvalue weighted by Crippen LogP contribution is -2.47. The van der Waals surface area contributed by atoms with Gasteiger partial charge in [0.1, 0.15) is 6.04 Å². The molecular weight excluding hydrogens is 322 g/mol. The van der Waals surface area contributed by atoms with Gasteiger partial charge in [-0.2, -0.15) is 0 Å². The topological polar surface area (TPSA) is 87.7 Å². The highest BCUT2D eigenvalue weighted by Gasteiger charge is 2.25. The van der Waals surface area contributed by atoms with Gasteiger partial charge in [0, 0.05) is 12.5 Å². The lowest BCUT2D eigenvalue weighted by molar-refractivity contribution is -0.145. The molecule has 1 aromatic rings. The summed E-state index contributed by atoms with van der Waals surface area (Å²) in [5.41, 5.74) is 0.926. The van der Waals surface area contributed by atoms with E-state index in [1.807, 2.05) is 30.3 Å². The quantitative estimate of drug-likeness (QED) is 0.619. The molecule has 0 aromatic heterocycles. The second-order valence-corrected chi connectivity index (χ2v) is 6.35. The number of hydrogen-bond donors (Lipinski definition) is 2. The Hall–Kier alpha value is -2.41. The van der Waals surface area contributed by atoms with Gasteiger partial charge >= 0.3 is 5.97 Å². The van der Waals surface area contributed by atoms with Crippen LogP contribution >= 0.6 is 0 Å². The Morgan fingerprint density at radius 3 is 2.40 bits per heavy atom. The third-order valence-corrected chi connectivity index (χ3v) is 3.87. The SMILES string of the molecule is COC(=O)[C@H](Cc1ccccc1)NC(=O)CN(C)CC(=O)NC1CC1. The van der Waals surface area contributed by atoms with Crippen LogP contribution in [-0.4, -0.2) is 62.0 Å². The molecule has 1 saturated carbocycles. The highest BCUT2D eigenvalue weighted by Crippen LogP contribution is 2.18. The van der Waals surface area contributed by atoms with Crippen LogP contribution in [0.5, 0.6) is 0 Å². The molecule has 136 valence electrons. The number of esters is 1. The standard InChI is InChI=1S/C18H25N3O4/c1-21(11-16(22)19-14-8-9-14)12-17(23)20-15(18(24)25-2)10-13-6-4-3-5-7-13/h3-7,14-15H,8-12H2,1-2H3,(H,19,22)(H,20,23)/t15-/m0/s1. The Labute approximate surface area is 147 Å². The molecule has 1 aromatic carbocycles. The van der Waals surface area contributed by atoms with Crippen molar-refractivity contribution in [2.24, 2.45) is 0 Å². The summed E-state index contributed by atoms with van der Waals surface area (Å²) < 4.78 is 4.77. The first kappa shape index (κ1) is 18.9. The minimum absolute atomic E-state index is 0.0281. The van der Waals surface area contributed by atoms with E-state index < -0.39 is 12.0 Å². The van der Waals surface area contributed by atoms with Gasteiger partial charge in [-0.15, -0.1) is 0 Å². The van der Waals surface area contributed by atoms with Crippen LogP contribution < -0.4 is 10.6 Å². The van der Waals surface area contributed by atoms with Crippen molar-refractivity contribution < 1.29 is 19.1 Å². The summed E-state index contributed by atoms with van der Waals surface area (Å²) in [5.74, 6) is -0.911. The molecule has 7 heteroatoms. The Balaban J connectivity index is 1.83. The van der Waals surface area contributed by atoms with Crippen molar-refractivity contribution in [1.29, 1.82) is 0 Å². The number of benzene rings is 1. The van der Waals surface area contributed by atoms with Crippen LogP contribution in [0, 0.1) is 0 Å². The Morgan fingerprint density at radius 1 is 1.16 bits per heavy atom. The van der Waals surface area contributed by atoms with Crippen LogP contribution in [0.3, 0.4) is 0 Å². The van der Waals surface area contributed by atoms with E-state index in [0.29, 0.717) is 12.5 Å². The molecule has 0 aliphatic heterocycles. The summed E-state index contributed by atoms with van der Waals surface area (Å²) >= 11 is 0. The largest absolute Gasteiger partial charge is 0.467 e. The zero-order valence-electron chi connectivity index (χ0n) is 14.7. The lowest BCUT2D eigenvalue weighted by atomic mass is 10.1. The number of nitrogens with one attached hydrogen (secondary N) is 2. The van der Waals surface area contributed by atoms with E-state index in [2.05, 4.69) is 10.6 Å². The average Bonchev–Trinajstić information content (AvgIpc) is 3.37. The van der Waals surface area contributed by atoms with E-state index in [-0.39, 0.29) is 24.9 Å². The predicted octanol–water partition coefficient (Wildman–Crippen LogP) is 0.0973. The van der Waals surface area contributed by atoms with E-state index in [4.69, 9.17) is 4.74 Å². The van der Waals surface area contributed by atoms with Gasteiger partial charge in [0.2, 0.25) is 11.8 Å². The van der Waals surface area contributed by atoms with Crippen LogP contribution in [-0.2, 0) is 25.5 Å². The molecule has 1 atom stereocenters. The number of methoxy groups -OCH3 is 1. The van der Waals surface area contributed by atoms with Crippen molar-refractivity contribution in [3.8, 4) is 0 Å². The van der Waals surface area contributed by atoms with Crippen LogP contribution in [0.15, 0.2) is 30.3 Å². The molecule has 2 N–H and O–H groups in total. The molecule has 1 fully saturated rings. The monoisotopic (exact) mass is 347 g/mol. The first-order valence-electron chi connectivity index (χ1n) is 8.37. The highest BCUT2D eigenvalue weighted by molar-refractivity contribution is 5.86. The number of nitrogens with zero attached hydrogens (tertiary/aromatic N) is 1. The molecule has 2 amide bonds. The molecule has 0 saturated heterocycles. The van der Waals surface area contributed by atoms with Crippen molar-refractivity contribution in [3.63, 3.8) is 0 Å². The van der Waals surface area contributed by atoms with Crippen LogP contribution in [0.1, 0.15) is 18.4 Å². The number of carbonyl (C=O) groups excluding carboxylic acids is 3. The molecule has 0 bridgehead atoms. The molecule has 0 spiro atoms. The molecule has 2 rings (SSSR count). The zero-order valence-corrected chi connectivity index (χ0v) is 14.7. The van der Waals surface area contributed by atoms with Crippen LogP contribution in [0.2, 0.25) is 0 Å². The van der Waals surface area contributed by atoms with Crippen molar-refractivity contribution in [2.45, 2.75) is 31.3 Å². The second kappa shape index (κ2) is 9.17. The minimum Gasteiger partial charge on any atom is -0.467 e. The van der Waals surface area contributed by atoms with E-state index in [1.54, 1.807) is 11.9 Å². The van der Waals surface area contributed by atoms with Crippen molar-refractivity contribution in [1.82, 2.24) is 15.5 Å². The molecule has 1 aliphatic carbocycles. The first-order valence-corrected chi connectivity index (χ1v) is 8.37. The fraction of sp³-hybridized carbons (Fsp3) is 0.500. The summed E-state index contributed by atoms with van der Waals surface area (Å²) in [6.45, 7) is 0.172. The van der Waals surface area contributed by atoms with E-state index in [1.165, 1.54) is 7.11 Å². The Morgan fingerprint density at radius 2 is 1.80 bits per heavy atom. The van der Waals surface area contributed by atoms with Gasteiger partial charge in [0.05, 0.1) is 20.2 Å². The van der Waals surface area contributed by atoms with E-state index in [0.717, 1.165) is 18.4 Å². The van der Waals surface area contributed by atoms with Gasteiger partial charge in [-0.25, -0.2) is 4.79 Å². The lowest BCUT2D eigenvalue weighted by Gasteiger charge is -2.20. The molecule has 1 aliphatic rings. The van der Waals surface area contributed by atoms with Crippen LogP contribution in [0.25, 0.3) is 0 Å². The van der Waals surface area contributed by atoms with E-state index in [9.17, 15) is 14.4 Å². The van der Waals surface area contributed by atoms with E-state index >= 15 is 0 Å². The number of amides is 2. The maximum atomic E-state index is 12.2. The maximum absolute atomic E-state index is 12.2. The number of hydrogen-bond acceptors (Lipinski definition) is 5. The van der Waals surface area contributed by atoms with Gasteiger partial charge in [0.25, 0.3) is 0 Å². The molecule has 0 radical (unpaired) electrons. The highest BCUT2D eigenvalue weighted by atomic mass is 16.5. The number of carbonyl (C=O) groups is 3. The average molecular weight is 347 g/mol. The summed E-state index contributed by atoms with van der Waals surface area (Å²) in [6.07, 6.45) is 2.40. The third-order valence-electron chi connectivity index (χ3n) is 3.87. The normalized spacial score (nSPS) is 14.7. The number of rotatable bonds is 9. The Kier molecular flexibility index (Phi) is 6.94. The van der Waals surface area contributed by atoms with Gasteiger partial charge in [0.15, 0.2) is 0 Å². The summed E-state index contributed by atoms with van der Waals surface area (Å²) in [7, 11) is 2.98. The van der Waals surface area contributed by atoms with Crippen molar-refractivity contribution in [3.05, 3.63) is 35.9 Å². The van der Waals surface area contributed by atoms with Gasteiger partial charge < -0.3 is 15.4 Å². The second-order valence-electron chi connectivity index (χ2n) is 6.35. The molecular formula is C18H25N3O4. The van der Waals surface area contributed by atoms with Gasteiger partial charge in [-0.1, -0.05) is 30.3 Å².